The summed E-state index contributed by atoms with van der Waals surface area (Å²) in [7, 11) is 2.97. The summed E-state index contributed by atoms with van der Waals surface area (Å²) in [5.41, 5.74) is 7.81. The van der Waals surface area contributed by atoms with E-state index in [9.17, 15) is 4.39 Å². The van der Waals surface area contributed by atoms with Crippen LogP contribution in [-0.2, 0) is 0 Å². The zero-order chi connectivity index (χ0) is 13.8. The number of nitrogens with one attached hydrogen (secondary N) is 1. The van der Waals surface area contributed by atoms with Crippen LogP contribution in [0.4, 0.5) is 21.5 Å². The summed E-state index contributed by atoms with van der Waals surface area (Å²) in [5.74, 6) is 0.345. The van der Waals surface area contributed by atoms with Crippen LogP contribution in [0.3, 0.4) is 0 Å². The van der Waals surface area contributed by atoms with E-state index in [0.717, 1.165) is 0 Å². The molecule has 2 rings (SSSR count). The highest BCUT2D eigenvalue weighted by Gasteiger charge is 2.07. The van der Waals surface area contributed by atoms with Crippen molar-refractivity contribution >= 4 is 17.1 Å². The summed E-state index contributed by atoms with van der Waals surface area (Å²) < 4.78 is 23.4. The van der Waals surface area contributed by atoms with Gasteiger partial charge in [0.25, 0.3) is 0 Å². The van der Waals surface area contributed by atoms with Crippen LogP contribution in [0.2, 0.25) is 0 Å². The van der Waals surface area contributed by atoms with Crippen molar-refractivity contribution in [3.8, 4) is 11.5 Å². The van der Waals surface area contributed by atoms with Crippen LogP contribution >= 0.6 is 0 Å². The van der Waals surface area contributed by atoms with Gasteiger partial charge in [0.1, 0.15) is 5.75 Å². The second kappa shape index (κ2) is 5.48. The van der Waals surface area contributed by atoms with Crippen LogP contribution in [0.25, 0.3) is 0 Å². The smallest absolute Gasteiger partial charge is 0.165 e. The molecule has 0 saturated carbocycles. The number of anilines is 3. The highest BCUT2D eigenvalue weighted by molar-refractivity contribution is 5.77. The van der Waals surface area contributed by atoms with Crippen molar-refractivity contribution < 1.29 is 13.9 Å². The van der Waals surface area contributed by atoms with Gasteiger partial charge >= 0.3 is 0 Å². The Morgan fingerprint density at radius 2 is 1.79 bits per heavy atom. The lowest BCUT2D eigenvalue weighted by molar-refractivity contribution is 0.387. The van der Waals surface area contributed by atoms with Gasteiger partial charge in [-0.15, -0.1) is 0 Å². The van der Waals surface area contributed by atoms with Crippen LogP contribution in [0.5, 0.6) is 11.5 Å². The number of methoxy groups -OCH3 is 2. The van der Waals surface area contributed by atoms with Crippen LogP contribution in [0, 0.1) is 5.82 Å². The van der Waals surface area contributed by atoms with E-state index in [0.29, 0.717) is 22.8 Å². The van der Waals surface area contributed by atoms with Crippen LogP contribution in [0.15, 0.2) is 36.4 Å². The minimum absolute atomic E-state index is 0.173. The van der Waals surface area contributed by atoms with Gasteiger partial charge in [-0.2, -0.15) is 0 Å². The standard InChI is InChI=1S/C14H15FN2O2/c1-18-12-5-3-4-11(14(12)16)17-9-6-7-10(15)13(8-9)19-2/h3-8,17H,16H2,1-2H3. The number of nitrogen functional groups attached to an aromatic ring is 1. The van der Waals surface area contributed by atoms with Gasteiger partial charge in [0.2, 0.25) is 0 Å². The van der Waals surface area contributed by atoms with E-state index in [1.807, 2.05) is 12.1 Å². The SMILES string of the molecule is COc1cc(Nc2cccc(OC)c2N)ccc1F. The first-order valence-electron chi connectivity index (χ1n) is 5.68. The van der Waals surface area contributed by atoms with Crippen LogP contribution < -0.4 is 20.5 Å². The Balaban J connectivity index is 2.31. The molecule has 0 unspecified atom stereocenters. The molecule has 0 saturated heterocycles. The molecule has 0 aliphatic carbocycles. The fourth-order valence-corrected chi connectivity index (χ4v) is 1.72. The Hall–Kier alpha value is -2.43. The fourth-order valence-electron chi connectivity index (χ4n) is 1.72. The number of rotatable bonds is 4. The third-order valence-corrected chi connectivity index (χ3v) is 2.72. The number of hydrogen-bond acceptors (Lipinski definition) is 4. The lowest BCUT2D eigenvalue weighted by Crippen LogP contribution is -1.99. The van der Waals surface area contributed by atoms with E-state index in [-0.39, 0.29) is 5.75 Å². The molecule has 0 spiro atoms. The molecule has 100 valence electrons. The summed E-state index contributed by atoms with van der Waals surface area (Å²) >= 11 is 0. The van der Waals surface area contributed by atoms with Gasteiger partial charge < -0.3 is 20.5 Å². The van der Waals surface area contributed by atoms with Gasteiger partial charge in [-0.1, -0.05) is 6.07 Å². The van der Waals surface area contributed by atoms with E-state index >= 15 is 0 Å². The highest BCUT2D eigenvalue weighted by Crippen LogP contribution is 2.32. The van der Waals surface area contributed by atoms with Crippen molar-refractivity contribution in [2.75, 3.05) is 25.3 Å². The number of nitrogens with two attached hydrogens (primary N) is 1. The van der Waals surface area contributed by atoms with Gasteiger partial charge in [0.15, 0.2) is 11.6 Å². The van der Waals surface area contributed by atoms with Crippen LogP contribution in [-0.4, -0.2) is 14.2 Å². The third-order valence-electron chi connectivity index (χ3n) is 2.72. The predicted molar refractivity (Wildman–Crippen MR) is 73.6 cm³/mol. The lowest BCUT2D eigenvalue weighted by Gasteiger charge is -2.13. The number of para-hydroxylation sites is 1. The minimum Gasteiger partial charge on any atom is -0.495 e. The molecule has 4 nitrogen and oxygen atoms in total. The quantitative estimate of drug-likeness (QED) is 0.831. The van der Waals surface area contributed by atoms with Crippen LogP contribution in [0.1, 0.15) is 0 Å². The first-order valence-corrected chi connectivity index (χ1v) is 5.68. The van der Waals surface area contributed by atoms with Gasteiger partial charge in [0.05, 0.1) is 25.6 Å². The van der Waals surface area contributed by atoms with Gasteiger partial charge in [-0.05, 0) is 24.3 Å². The Morgan fingerprint density at radius 3 is 2.47 bits per heavy atom. The number of benzene rings is 2. The Morgan fingerprint density at radius 1 is 1.05 bits per heavy atom. The van der Waals surface area contributed by atoms with E-state index in [2.05, 4.69) is 5.32 Å². The highest BCUT2D eigenvalue weighted by atomic mass is 19.1. The predicted octanol–water partition coefficient (Wildman–Crippen LogP) is 3.17. The fraction of sp³-hybridized carbons (Fsp3) is 0.143. The van der Waals surface area contributed by atoms with Crippen molar-refractivity contribution in [2.45, 2.75) is 0 Å². The Labute approximate surface area is 111 Å². The third kappa shape index (κ3) is 2.70. The number of hydrogen-bond donors (Lipinski definition) is 2. The van der Waals surface area contributed by atoms with E-state index < -0.39 is 5.82 Å². The number of halogens is 1. The summed E-state index contributed by atoms with van der Waals surface area (Å²) in [6.07, 6.45) is 0. The zero-order valence-corrected chi connectivity index (χ0v) is 10.7. The first kappa shape index (κ1) is 13.0. The largest absolute Gasteiger partial charge is 0.495 e. The summed E-state index contributed by atoms with van der Waals surface area (Å²) in [5, 5.41) is 3.10. The number of ether oxygens (including phenoxy) is 2. The molecule has 0 aliphatic rings. The van der Waals surface area contributed by atoms with E-state index in [1.54, 1.807) is 25.3 Å². The summed E-state index contributed by atoms with van der Waals surface area (Å²) in [6.45, 7) is 0. The van der Waals surface area contributed by atoms with E-state index in [1.165, 1.54) is 13.2 Å². The van der Waals surface area contributed by atoms with Gasteiger partial charge in [-0.25, -0.2) is 4.39 Å². The second-order valence-electron chi connectivity index (χ2n) is 3.90. The molecule has 2 aromatic rings. The molecule has 0 aromatic heterocycles. The molecule has 0 aliphatic heterocycles. The van der Waals surface area contributed by atoms with Crippen molar-refractivity contribution in [2.24, 2.45) is 0 Å². The molecule has 3 N–H and O–H groups in total. The molecule has 5 heteroatoms. The maximum absolute atomic E-state index is 13.3. The normalized spacial score (nSPS) is 10.1. The maximum Gasteiger partial charge on any atom is 0.165 e. The second-order valence-corrected chi connectivity index (χ2v) is 3.90. The minimum atomic E-state index is -0.410. The van der Waals surface area contributed by atoms with E-state index in [4.69, 9.17) is 15.2 Å². The topological polar surface area (TPSA) is 56.5 Å². The Kier molecular flexibility index (Phi) is 3.75. The van der Waals surface area contributed by atoms with Crippen molar-refractivity contribution in [1.82, 2.24) is 0 Å². The molecule has 0 atom stereocenters. The molecule has 0 bridgehead atoms. The molecule has 0 amide bonds. The average Bonchev–Trinajstić information content (AvgIpc) is 2.43. The molecule has 2 aromatic carbocycles. The Bertz CT molecular complexity index is 588. The molecule has 0 radical (unpaired) electrons. The van der Waals surface area contributed by atoms with Crippen molar-refractivity contribution in [1.29, 1.82) is 0 Å². The maximum atomic E-state index is 13.3. The molecule has 0 heterocycles. The molecular formula is C14H15FN2O2. The average molecular weight is 262 g/mol. The van der Waals surface area contributed by atoms with Crippen molar-refractivity contribution in [3.63, 3.8) is 0 Å². The monoisotopic (exact) mass is 262 g/mol. The zero-order valence-electron chi connectivity index (χ0n) is 10.7. The molecule has 0 fully saturated rings. The lowest BCUT2D eigenvalue weighted by atomic mass is 10.2. The molecule has 19 heavy (non-hydrogen) atoms. The van der Waals surface area contributed by atoms with Gasteiger partial charge in [-0.3, -0.25) is 0 Å². The van der Waals surface area contributed by atoms with Crippen molar-refractivity contribution in [3.05, 3.63) is 42.2 Å². The first-order chi connectivity index (χ1) is 9.15. The summed E-state index contributed by atoms with van der Waals surface area (Å²) in [6, 6.07) is 9.90. The molecular weight excluding hydrogens is 247 g/mol. The van der Waals surface area contributed by atoms with Gasteiger partial charge in [0, 0.05) is 11.8 Å². The summed E-state index contributed by atoms with van der Waals surface area (Å²) in [4.78, 5) is 0.